The van der Waals surface area contributed by atoms with Crippen molar-refractivity contribution in [2.45, 2.75) is 19.8 Å². The Labute approximate surface area is 162 Å². The monoisotopic (exact) mass is 383 g/mol. The number of thioether (sulfide) groups is 1. The molecule has 8 heteroatoms. The molecule has 0 bridgehead atoms. The van der Waals surface area contributed by atoms with E-state index in [1.54, 1.807) is 13.2 Å². The number of carbonyl (C=O) groups excluding carboxylic acids is 1. The number of piperidine rings is 1. The zero-order valence-corrected chi connectivity index (χ0v) is 16.1. The average molecular weight is 383 g/mol. The first-order valence-electron chi connectivity index (χ1n) is 8.94. The number of amidine groups is 3. The minimum absolute atomic E-state index is 0.0636. The van der Waals surface area contributed by atoms with Crippen LogP contribution in [0.4, 0.5) is 0 Å². The topological polar surface area (TPSA) is 81.3 Å². The zero-order valence-electron chi connectivity index (χ0n) is 15.3. The quantitative estimate of drug-likeness (QED) is 0.794. The van der Waals surface area contributed by atoms with E-state index in [0.29, 0.717) is 5.17 Å². The van der Waals surface area contributed by atoms with Gasteiger partial charge >= 0.3 is 0 Å². The van der Waals surface area contributed by atoms with Gasteiger partial charge in [-0.2, -0.15) is 10.0 Å². The summed E-state index contributed by atoms with van der Waals surface area (Å²) in [4.78, 5) is 18.9. The van der Waals surface area contributed by atoms with E-state index in [9.17, 15) is 4.79 Å². The summed E-state index contributed by atoms with van der Waals surface area (Å²) in [7, 11) is 1.60. The van der Waals surface area contributed by atoms with Crippen LogP contribution in [0.5, 0.6) is 5.75 Å². The molecule has 0 spiro atoms. The number of fused-ring (bicyclic) bond motifs is 1. The molecule has 4 rings (SSSR count). The van der Waals surface area contributed by atoms with Gasteiger partial charge in [0.2, 0.25) is 5.17 Å². The van der Waals surface area contributed by atoms with Crippen LogP contribution in [0.1, 0.15) is 25.3 Å². The minimum Gasteiger partial charge on any atom is -0.497 e. The number of hydrogen-bond acceptors (Lipinski definition) is 6. The van der Waals surface area contributed by atoms with E-state index in [2.05, 4.69) is 21.9 Å². The Balaban J connectivity index is 1.57. The van der Waals surface area contributed by atoms with Gasteiger partial charge in [-0.05, 0) is 54.3 Å². The average Bonchev–Trinajstić information content (AvgIpc) is 3.10. The van der Waals surface area contributed by atoms with Crippen molar-refractivity contribution in [1.29, 1.82) is 5.41 Å². The highest BCUT2D eigenvalue weighted by Gasteiger charge is 2.37. The maximum Gasteiger partial charge on any atom is 0.283 e. The van der Waals surface area contributed by atoms with E-state index in [4.69, 9.17) is 10.1 Å². The molecule has 140 valence electrons. The third-order valence-corrected chi connectivity index (χ3v) is 5.89. The Kier molecular flexibility index (Phi) is 4.73. The fraction of sp³-hybridized carbons (Fsp3) is 0.368. The summed E-state index contributed by atoms with van der Waals surface area (Å²) in [6, 6.07) is 7.32. The Bertz CT molecular complexity index is 867. The van der Waals surface area contributed by atoms with Gasteiger partial charge < -0.3 is 9.64 Å². The SMILES string of the molecule is COc1ccc(/C=C2/C(=N)N3N=C(N4CCC(C)CC4)SC3=NC2=O)cc1. The maximum atomic E-state index is 12.5. The molecule has 3 heterocycles. The molecule has 27 heavy (non-hydrogen) atoms. The molecule has 3 aliphatic rings. The summed E-state index contributed by atoms with van der Waals surface area (Å²) >= 11 is 1.37. The van der Waals surface area contributed by atoms with E-state index in [0.717, 1.165) is 48.3 Å². The number of likely N-dealkylation sites (tertiary alicyclic amines) is 1. The molecule has 0 saturated carbocycles. The van der Waals surface area contributed by atoms with Crippen LogP contribution in [-0.2, 0) is 4.79 Å². The molecular formula is C19H21N5O2S. The summed E-state index contributed by atoms with van der Waals surface area (Å²) < 4.78 is 5.15. The van der Waals surface area contributed by atoms with Crippen molar-refractivity contribution in [3.63, 3.8) is 0 Å². The first kappa shape index (κ1) is 17.8. The highest BCUT2D eigenvalue weighted by Crippen LogP contribution is 2.31. The Morgan fingerprint density at radius 3 is 2.59 bits per heavy atom. The molecule has 1 aromatic rings. The van der Waals surface area contributed by atoms with Crippen molar-refractivity contribution in [3.8, 4) is 5.75 Å². The van der Waals surface area contributed by atoms with E-state index in [1.165, 1.54) is 16.8 Å². The van der Waals surface area contributed by atoms with Gasteiger partial charge in [-0.15, -0.1) is 5.10 Å². The van der Waals surface area contributed by atoms with E-state index >= 15 is 0 Å². The van der Waals surface area contributed by atoms with Crippen LogP contribution in [0.25, 0.3) is 6.08 Å². The van der Waals surface area contributed by atoms with Gasteiger partial charge in [0.25, 0.3) is 5.91 Å². The van der Waals surface area contributed by atoms with Crippen molar-refractivity contribution in [2.75, 3.05) is 20.2 Å². The van der Waals surface area contributed by atoms with Gasteiger partial charge in [-0.3, -0.25) is 10.2 Å². The van der Waals surface area contributed by atoms with Crippen LogP contribution in [0.2, 0.25) is 0 Å². The summed E-state index contributed by atoms with van der Waals surface area (Å²) in [6.45, 7) is 4.16. The second-order valence-corrected chi connectivity index (χ2v) is 7.78. The van der Waals surface area contributed by atoms with Gasteiger partial charge in [0.1, 0.15) is 5.75 Å². The van der Waals surface area contributed by atoms with Gasteiger partial charge in [-0.1, -0.05) is 19.1 Å². The Morgan fingerprint density at radius 1 is 1.22 bits per heavy atom. The zero-order chi connectivity index (χ0) is 19.0. The fourth-order valence-electron chi connectivity index (χ4n) is 3.18. The molecule has 0 aromatic heterocycles. The smallest absolute Gasteiger partial charge is 0.283 e. The first-order valence-corrected chi connectivity index (χ1v) is 9.76. The summed E-state index contributed by atoms with van der Waals surface area (Å²) in [6.07, 6.45) is 3.93. The van der Waals surface area contributed by atoms with Gasteiger partial charge in [0.05, 0.1) is 12.7 Å². The van der Waals surface area contributed by atoms with Gasteiger partial charge in [0.15, 0.2) is 11.0 Å². The van der Waals surface area contributed by atoms with Crippen LogP contribution >= 0.6 is 11.8 Å². The predicted octanol–water partition coefficient (Wildman–Crippen LogP) is 3.00. The lowest BCUT2D eigenvalue weighted by Crippen LogP contribution is -2.36. The number of carbonyl (C=O) groups is 1. The van der Waals surface area contributed by atoms with Crippen molar-refractivity contribution in [1.82, 2.24) is 9.91 Å². The Morgan fingerprint density at radius 2 is 1.93 bits per heavy atom. The molecule has 1 N–H and O–H groups in total. The Hall–Kier alpha value is -2.61. The van der Waals surface area contributed by atoms with Crippen molar-refractivity contribution >= 4 is 39.9 Å². The molecule has 0 radical (unpaired) electrons. The van der Waals surface area contributed by atoms with Crippen molar-refractivity contribution < 1.29 is 9.53 Å². The third-order valence-electron chi connectivity index (χ3n) is 4.92. The van der Waals surface area contributed by atoms with Crippen LogP contribution in [0.15, 0.2) is 39.9 Å². The predicted molar refractivity (Wildman–Crippen MR) is 108 cm³/mol. The van der Waals surface area contributed by atoms with Crippen LogP contribution < -0.4 is 4.74 Å². The molecule has 3 aliphatic heterocycles. The number of nitrogens with one attached hydrogen (secondary N) is 1. The number of methoxy groups -OCH3 is 1. The number of benzene rings is 1. The molecule has 0 unspecified atom stereocenters. The highest BCUT2D eigenvalue weighted by molar-refractivity contribution is 8.26. The lowest BCUT2D eigenvalue weighted by atomic mass is 10.00. The standard InChI is InChI=1S/C19H21N5O2S/c1-12-7-9-23(10-8-12)19-22-24-16(20)15(17(25)21-18(24)27-19)11-13-3-5-14(26-2)6-4-13/h3-6,11-12,20H,7-10H2,1-2H3/b15-11-,20-16?. The molecule has 1 amide bonds. The summed E-state index contributed by atoms with van der Waals surface area (Å²) in [5, 5.41) is 15.8. The second-order valence-electron chi connectivity index (χ2n) is 6.85. The number of rotatable bonds is 2. The molecule has 1 aromatic carbocycles. The molecule has 1 saturated heterocycles. The van der Waals surface area contributed by atoms with Gasteiger partial charge in [-0.25, -0.2) is 0 Å². The molecule has 0 aliphatic carbocycles. The van der Waals surface area contributed by atoms with E-state index in [1.807, 2.05) is 24.3 Å². The number of hydrazone groups is 1. The van der Waals surface area contributed by atoms with Crippen LogP contribution in [-0.4, -0.2) is 52.2 Å². The van der Waals surface area contributed by atoms with Crippen molar-refractivity contribution in [2.24, 2.45) is 16.0 Å². The molecule has 1 fully saturated rings. The van der Waals surface area contributed by atoms with Gasteiger partial charge in [0, 0.05) is 13.1 Å². The minimum atomic E-state index is -0.404. The lowest BCUT2D eigenvalue weighted by molar-refractivity contribution is -0.114. The largest absolute Gasteiger partial charge is 0.497 e. The number of nitrogens with zero attached hydrogens (tertiary/aromatic N) is 4. The number of hydrogen-bond donors (Lipinski definition) is 1. The van der Waals surface area contributed by atoms with E-state index in [-0.39, 0.29) is 11.4 Å². The van der Waals surface area contributed by atoms with Crippen LogP contribution in [0.3, 0.4) is 0 Å². The molecule has 7 nitrogen and oxygen atoms in total. The first-order chi connectivity index (χ1) is 13.0. The fourth-order valence-corrected chi connectivity index (χ4v) is 4.12. The second kappa shape index (κ2) is 7.19. The summed E-state index contributed by atoms with van der Waals surface area (Å²) in [5.74, 6) is 1.13. The summed E-state index contributed by atoms with van der Waals surface area (Å²) in [5.41, 5.74) is 1.05. The van der Waals surface area contributed by atoms with E-state index < -0.39 is 5.91 Å². The number of amides is 1. The number of aliphatic imine (C=N–C) groups is 1. The number of ether oxygens (including phenoxy) is 1. The third kappa shape index (κ3) is 3.49. The van der Waals surface area contributed by atoms with Crippen LogP contribution in [0, 0.1) is 11.3 Å². The normalized spacial score (nSPS) is 22.1. The molecule has 0 atom stereocenters. The maximum absolute atomic E-state index is 12.5. The van der Waals surface area contributed by atoms with Crippen molar-refractivity contribution in [3.05, 3.63) is 35.4 Å². The molecular weight excluding hydrogens is 362 g/mol. The lowest BCUT2D eigenvalue weighted by Gasteiger charge is -2.30. The highest BCUT2D eigenvalue weighted by atomic mass is 32.2.